The van der Waals surface area contributed by atoms with Crippen LogP contribution >= 0.6 is 0 Å². The third-order valence-electron chi connectivity index (χ3n) is 6.70. The lowest BCUT2D eigenvalue weighted by Gasteiger charge is -2.39. The van der Waals surface area contributed by atoms with E-state index >= 15 is 0 Å². The van der Waals surface area contributed by atoms with Gasteiger partial charge >= 0.3 is 0 Å². The van der Waals surface area contributed by atoms with Crippen LogP contribution in [0.15, 0.2) is 97.3 Å². The molecule has 3 nitrogen and oxygen atoms in total. The van der Waals surface area contributed by atoms with Crippen molar-refractivity contribution in [1.82, 2.24) is 9.55 Å². The van der Waals surface area contributed by atoms with Crippen LogP contribution in [0.5, 0.6) is 0 Å². The van der Waals surface area contributed by atoms with Crippen molar-refractivity contribution in [3.8, 4) is 0 Å². The van der Waals surface area contributed by atoms with Crippen molar-refractivity contribution in [3.63, 3.8) is 0 Å². The van der Waals surface area contributed by atoms with Crippen molar-refractivity contribution >= 4 is 0 Å². The number of aliphatic hydroxyl groups is 1. The van der Waals surface area contributed by atoms with E-state index < -0.39 is 5.54 Å². The van der Waals surface area contributed by atoms with Gasteiger partial charge in [0.25, 0.3) is 0 Å². The Morgan fingerprint density at radius 3 is 1.81 bits per heavy atom. The summed E-state index contributed by atoms with van der Waals surface area (Å²) in [5, 5.41) is 9.42. The van der Waals surface area contributed by atoms with Gasteiger partial charge in [0, 0.05) is 12.3 Å². The van der Waals surface area contributed by atoms with Gasteiger partial charge in [-0.05, 0) is 48.3 Å². The van der Waals surface area contributed by atoms with Crippen LogP contribution in [-0.4, -0.2) is 21.3 Å². The number of nitrogens with zero attached hydrogens (tertiary/aromatic N) is 2. The van der Waals surface area contributed by atoms with Crippen molar-refractivity contribution < 1.29 is 5.11 Å². The molecule has 5 rings (SSSR count). The average Bonchev–Trinajstić information content (AvgIpc) is 3.26. The Morgan fingerprint density at radius 2 is 1.32 bits per heavy atom. The minimum Gasteiger partial charge on any atom is -0.396 e. The zero-order valence-corrected chi connectivity index (χ0v) is 17.7. The second-order valence-corrected chi connectivity index (χ2v) is 8.44. The number of benzene rings is 3. The molecule has 0 saturated heterocycles. The molecular weight excluding hydrogens is 380 g/mol. The molecule has 0 spiro atoms. The van der Waals surface area contributed by atoms with Gasteiger partial charge in [0.2, 0.25) is 0 Å². The van der Waals surface area contributed by atoms with Gasteiger partial charge in [-0.3, -0.25) is 0 Å². The number of hydrogen-bond acceptors (Lipinski definition) is 2. The van der Waals surface area contributed by atoms with Crippen LogP contribution in [0, 0.1) is 5.92 Å². The first-order valence-corrected chi connectivity index (χ1v) is 11.2. The van der Waals surface area contributed by atoms with E-state index in [2.05, 4.69) is 95.6 Å². The topological polar surface area (TPSA) is 38.1 Å². The lowest BCUT2D eigenvalue weighted by atomic mass is 9.76. The lowest BCUT2D eigenvalue weighted by molar-refractivity contribution is 0.246. The first-order valence-electron chi connectivity index (χ1n) is 11.2. The van der Waals surface area contributed by atoms with E-state index in [9.17, 15) is 5.11 Å². The predicted octanol–water partition coefficient (Wildman–Crippen LogP) is 5.21. The minimum atomic E-state index is -0.492. The summed E-state index contributed by atoms with van der Waals surface area (Å²) < 4.78 is 2.41. The van der Waals surface area contributed by atoms with E-state index in [1.165, 1.54) is 28.1 Å². The molecule has 156 valence electrons. The summed E-state index contributed by atoms with van der Waals surface area (Å²) in [5.74, 6) is 0.514. The van der Waals surface area contributed by atoms with Gasteiger partial charge in [-0.15, -0.1) is 0 Å². The Morgan fingerprint density at radius 1 is 0.806 bits per heavy atom. The zero-order chi connectivity index (χ0) is 21.1. The fourth-order valence-electron chi connectivity index (χ4n) is 5.24. The zero-order valence-electron chi connectivity index (χ0n) is 17.7. The van der Waals surface area contributed by atoms with Crippen molar-refractivity contribution in [2.75, 3.05) is 6.61 Å². The van der Waals surface area contributed by atoms with E-state index in [0.29, 0.717) is 5.92 Å². The summed E-state index contributed by atoms with van der Waals surface area (Å²) >= 11 is 0. The number of fused-ring (bicyclic) bond motifs is 1. The molecule has 1 unspecified atom stereocenters. The van der Waals surface area contributed by atoms with Gasteiger partial charge in [0.05, 0.1) is 12.0 Å². The predicted molar refractivity (Wildman–Crippen MR) is 124 cm³/mol. The van der Waals surface area contributed by atoms with Crippen molar-refractivity contribution in [3.05, 3.63) is 125 Å². The Labute approximate surface area is 184 Å². The monoisotopic (exact) mass is 408 g/mol. The third kappa shape index (κ3) is 3.39. The summed E-state index contributed by atoms with van der Waals surface area (Å²) in [7, 11) is 0. The molecule has 31 heavy (non-hydrogen) atoms. The van der Waals surface area contributed by atoms with E-state index in [1.54, 1.807) is 0 Å². The maximum absolute atomic E-state index is 9.42. The molecule has 1 heterocycles. The Balaban J connectivity index is 1.79. The standard InChI is InChI=1S/C28H28N2O/c31-19-18-22-16-17-27-26(20-22)29-21-30(27)28(23-10-4-1-5-11-23,24-12-6-2-7-13-24)25-14-8-3-9-15-25/h1-15,21-22,31H,16-20H2. The molecule has 3 aromatic carbocycles. The molecule has 3 heteroatoms. The molecule has 0 fully saturated rings. The van der Waals surface area contributed by atoms with Crippen LogP contribution in [0.3, 0.4) is 0 Å². The molecule has 1 atom stereocenters. The minimum absolute atomic E-state index is 0.253. The highest BCUT2D eigenvalue weighted by Crippen LogP contribution is 2.43. The molecule has 1 aliphatic rings. The fraction of sp³-hybridized carbons (Fsp3) is 0.250. The SMILES string of the molecule is OCCC1CCc2c(ncn2C(c2ccccc2)(c2ccccc2)c2ccccc2)C1. The molecule has 1 aromatic heterocycles. The molecule has 0 bridgehead atoms. The first-order chi connectivity index (χ1) is 15.3. The maximum atomic E-state index is 9.42. The summed E-state index contributed by atoms with van der Waals surface area (Å²) in [4.78, 5) is 4.91. The van der Waals surface area contributed by atoms with Gasteiger partial charge in [0.1, 0.15) is 5.54 Å². The van der Waals surface area contributed by atoms with Crippen molar-refractivity contribution in [2.45, 2.75) is 31.2 Å². The van der Waals surface area contributed by atoms with Crippen molar-refractivity contribution in [1.29, 1.82) is 0 Å². The Kier molecular flexibility index (Phi) is 5.44. The normalized spacial score (nSPS) is 16.1. The highest BCUT2D eigenvalue weighted by atomic mass is 16.3. The van der Waals surface area contributed by atoms with Crippen LogP contribution in [0.1, 0.15) is 40.9 Å². The molecule has 0 saturated carbocycles. The number of hydrogen-bond donors (Lipinski definition) is 1. The lowest BCUT2D eigenvalue weighted by Crippen LogP contribution is -2.39. The van der Waals surface area contributed by atoms with Crippen LogP contribution in [0.4, 0.5) is 0 Å². The van der Waals surface area contributed by atoms with Crippen LogP contribution in [0.25, 0.3) is 0 Å². The third-order valence-corrected chi connectivity index (χ3v) is 6.70. The number of imidazole rings is 1. The fourth-order valence-corrected chi connectivity index (χ4v) is 5.24. The summed E-state index contributed by atoms with van der Waals surface area (Å²) in [6.07, 6.45) is 5.91. The highest BCUT2D eigenvalue weighted by Gasteiger charge is 2.40. The molecule has 0 aliphatic heterocycles. The largest absolute Gasteiger partial charge is 0.396 e. The van der Waals surface area contributed by atoms with Crippen LogP contribution in [-0.2, 0) is 18.4 Å². The second-order valence-electron chi connectivity index (χ2n) is 8.44. The summed E-state index contributed by atoms with van der Waals surface area (Å²) in [6, 6.07) is 32.3. The Bertz CT molecular complexity index is 1020. The van der Waals surface area contributed by atoms with E-state index in [4.69, 9.17) is 4.98 Å². The number of aromatic nitrogens is 2. The maximum Gasteiger partial charge on any atom is 0.121 e. The van der Waals surface area contributed by atoms with Gasteiger partial charge < -0.3 is 9.67 Å². The van der Waals surface area contributed by atoms with Gasteiger partial charge in [0.15, 0.2) is 0 Å². The van der Waals surface area contributed by atoms with E-state index in [0.717, 1.165) is 25.7 Å². The molecule has 4 aromatic rings. The van der Waals surface area contributed by atoms with Crippen LogP contribution in [0.2, 0.25) is 0 Å². The van der Waals surface area contributed by atoms with Gasteiger partial charge in [-0.1, -0.05) is 91.0 Å². The highest BCUT2D eigenvalue weighted by molar-refractivity contribution is 5.51. The smallest absolute Gasteiger partial charge is 0.121 e. The van der Waals surface area contributed by atoms with E-state index in [-0.39, 0.29) is 6.61 Å². The summed E-state index contributed by atoms with van der Waals surface area (Å²) in [5.41, 5.74) is 5.68. The average molecular weight is 409 g/mol. The van der Waals surface area contributed by atoms with Crippen molar-refractivity contribution in [2.24, 2.45) is 5.92 Å². The van der Waals surface area contributed by atoms with E-state index in [1.807, 2.05) is 6.33 Å². The molecule has 0 amide bonds. The van der Waals surface area contributed by atoms with Gasteiger partial charge in [-0.2, -0.15) is 0 Å². The quantitative estimate of drug-likeness (QED) is 0.445. The Hall–Kier alpha value is -3.17. The molecular formula is C28H28N2O. The second kappa shape index (κ2) is 8.52. The summed E-state index contributed by atoms with van der Waals surface area (Å²) in [6.45, 7) is 0.253. The van der Waals surface area contributed by atoms with Gasteiger partial charge in [-0.25, -0.2) is 4.98 Å². The molecule has 0 radical (unpaired) electrons. The molecule has 1 N–H and O–H groups in total. The molecule has 1 aliphatic carbocycles. The number of rotatable bonds is 6. The first kappa shape index (κ1) is 19.8. The van der Waals surface area contributed by atoms with Crippen LogP contribution < -0.4 is 0 Å². The number of aliphatic hydroxyl groups excluding tert-OH is 1.